The fourth-order valence-electron chi connectivity index (χ4n) is 2.11. The van der Waals surface area contributed by atoms with E-state index in [9.17, 15) is 0 Å². The van der Waals surface area contributed by atoms with Crippen molar-refractivity contribution in [1.82, 2.24) is 14.5 Å². The molecule has 1 aliphatic heterocycles. The van der Waals surface area contributed by atoms with Gasteiger partial charge in [0.05, 0.1) is 5.69 Å². The monoisotopic (exact) mass is 194 g/mol. The highest BCUT2D eigenvalue weighted by Crippen LogP contribution is 2.19. The lowest BCUT2D eigenvalue weighted by Crippen LogP contribution is -2.31. The van der Waals surface area contributed by atoms with Crippen LogP contribution in [0, 0.1) is 0 Å². The Balaban J connectivity index is 2.19. The zero-order valence-corrected chi connectivity index (χ0v) is 8.95. The van der Waals surface area contributed by atoms with E-state index in [1.165, 1.54) is 17.8 Å². The van der Waals surface area contributed by atoms with Crippen LogP contribution in [-0.4, -0.2) is 27.5 Å². The van der Waals surface area contributed by atoms with E-state index in [-0.39, 0.29) is 0 Å². The van der Waals surface area contributed by atoms with Crippen molar-refractivity contribution in [1.29, 1.82) is 0 Å². The van der Waals surface area contributed by atoms with Crippen LogP contribution in [-0.2, 0) is 20.0 Å². The van der Waals surface area contributed by atoms with Gasteiger partial charge in [0, 0.05) is 32.3 Å². The Hall–Kier alpha value is -1.03. The van der Waals surface area contributed by atoms with Gasteiger partial charge in [0.15, 0.2) is 5.95 Å². The third kappa shape index (κ3) is 1.50. The second-order valence-electron chi connectivity index (χ2n) is 3.95. The first-order valence-electron chi connectivity index (χ1n) is 5.24. The van der Waals surface area contributed by atoms with Crippen molar-refractivity contribution < 1.29 is 0 Å². The molecule has 0 saturated carbocycles. The van der Waals surface area contributed by atoms with Gasteiger partial charge in [-0.15, -0.1) is 0 Å². The van der Waals surface area contributed by atoms with Crippen LogP contribution in [0.5, 0.6) is 0 Å². The van der Waals surface area contributed by atoms with Crippen molar-refractivity contribution in [3.05, 3.63) is 11.4 Å². The number of nitrogen functional groups attached to an aromatic ring is 1. The number of hydrogen-bond donors (Lipinski definition) is 1. The standard InChI is InChI=1S/C10H18N4/c1-3-5-14-6-4-9-8(7-14)12-10(11)13(9)2/h3-7H2,1-2H3,(H2,11,12). The van der Waals surface area contributed by atoms with Gasteiger partial charge >= 0.3 is 0 Å². The topological polar surface area (TPSA) is 47.1 Å². The van der Waals surface area contributed by atoms with E-state index in [0.717, 1.165) is 26.1 Å². The maximum absolute atomic E-state index is 5.77. The number of imidazole rings is 1. The van der Waals surface area contributed by atoms with Gasteiger partial charge in [-0.05, 0) is 13.0 Å². The van der Waals surface area contributed by atoms with Gasteiger partial charge in [0.25, 0.3) is 0 Å². The molecular formula is C10H18N4. The normalized spacial score (nSPS) is 17.0. The van der Waals surface area contributed by atoms with Crippen molar-refractivity contribution in [2.45, 2.75) is 26.3 Å². The van der Waals surface area contributed by atoms with Crippen LogP contribution in [0.2, 0.25) is 0 Å². The van der Waals surface area contributed by atoms with Crippen LogP contribution in [0.15, 0.2) is 0 Å². The minimum absolute atomic E-state index is 0.647. The fourth-order valence-corrected chi connectivity index (χ4v) is 2.11. The molecular weight excluding hydrogens is 176 g/mol. The first-order valence-corrected chi connectivity index (χ1v) is 5.24. The molecule has 0 fully saturated rings. The molecule has 2 rings (SSSR count). The van der Waals surface area contributed by atoms with Crippen molar-refractivity contribution in [2.24, 2.45) is 7.05 Å². The molecule has 0 aromatic carbocycles. The Morgan fingerprint density at radius 3 is 3.00 bits per heavy atom. The summed E-state index contributed by atoms with van der Waals surface area (Å²) in [6, 6.07) is 0. The molecule has 0 unspecified atom stereocenters. The molecule has 1 aliphatic rings. The number of aromatic nitrogens is 2. The molecule has 2 N–H and O–H groups in total. The molecule has 1 aromatic rings. The molecule has 0 amide bonds. The van der Waals surface area contributed by atoms with E-state index in [0.29, 0.717) is 5.95 Å². The minimum Gasteiger partial charge on any atom is -0.369 e. The summed E-state index contributed by atoms with van der Waals surface area (Å²) < 4.78 is 2.01. The lowest BCUT2D eigenvalue weighted by molar-refractivity contribution is 0.249. The summed E-state index contributed by atoms with van der Waals surface area (Å²) in [5.74, 6) is 0.647. The van der Waals surface area contributed by atoms with Crippen LogP contribution < -0.4 is 5.73 Å². The van der Waals surface area contributed by atoms with Crippen LogP contribution >= 0.6 is 0 Å². The third-order valence-corrected chi connectivity index (χ3v) is 2.91. The summed E-state index contributed by atoms with van der Waals surface area (Å²) in [4.78, 5) is 6.82. The molecule has 78 valence electrons. The van der Waals surface area contributed by atoms with Gasteiger partial charge in [-0.25, -0.2) is 4.98 Å². The minimum atomic E-state index is 0.647. The van der Waals surface area contributed by atoms with E-state index in [1.54, 1.807) is 0 Å². The quantitative estimate of drug-likeness (QED) is 0.756. The van der Waals surface area contributed by atoms with Crippen LogP contribution in [0.25, 0.3) is 0 Å². The Kier molecular flexibility index (Phi) is 2.46. The zero-order chi connectivity index (χ0) is 10.1. The van der Waals surface area contributed by atoms with Crippen molar-refractivity contribution in [2.75, 3.05) is 18.8 Å². The zero-order valence-electron chi connectivity index (χ0n) is 8.95. The fraction of sp³-hybridized carbons (Fsp3) is 0.700. The van der Waals surface area contributed by atoms with Crippen molar-refractivity contribution in [3.8, 4) is 0 Å². The van der Waals surface area contributed by atoms with Gasteiger partial charge in [-0.3, -0.25) is 4.90 Å². The first kappa shape index (κ1) is 9.52. The number of hydrogen-bond acceptors (Lipinski definition) is 3. The molecule has 2 heterocycles. The molecule has 0 atom stereocenters. The molecule has 0 spiro atoms. The Morgan fingerprint density at radius 2 is 2.29 bits per heavy atom. The summed E-state index contributed by atoms with van der Waals surface area (Å²) in [6.45, 7) is 5.48. The van der Waals surface area contributed by atoms with E-state index in [1.807, 2.05) is 11.6 Å². The Labute approximate surface area is 84.7 Å². The highest BCUT2D eigenvalue weighted by Gasteiger charge is 2.20. The number of rotatable bonds is 2. The maximum atomic E-state index is 5.77. The van der Waals surface area contributed by atoms with Crippen LogP contribution in [0.1, 0.15) is 24.7 Å². The molecule has 4 nitrogen and oxygen atoms in total. The molecule has 1 aromatic heterocycles. The summed E-state index contributed by atoms with van der Waals surface area (Å²) in [5.41, 5.74) is 8.26. The summed E-state index contributed by atoms with van der Waals surface area (Å²) in [7, 11) is 2.00. The summed E-state index contributed by atoms with van der Waals surface area (Å²) in [5, 5.41) is 0. The van der Waals surface area contributed by atoms with Gasteiger partial charge in [0.1, 0.15) is 0 Å². The largest absolute Gasteiger partial charge is 0.369 e. The number of nitrogens with zero attached hydrogens (tertiary/aromatic N) is 3. The van der Waals surface area contributed by atoms with Crippen molar-refractivity contribution >= 4 is 5.95 Å². The second kappa shape index (κ2) is 3.61. The van der Waals surface area contributed by atoms with Crippen LogP contribution in [0.3, 0.4) is 0 Å². The highest BCUT2D eigenvalue weighted by molar-refractivity contribution is 5.30. The predicted molar refractivity (Wildman–Crippen MR) is 56.9 cm³/mol. The maximum Gasteiger partial charge on any atom is 0.200 e. The Morgan fingerprint density at radius 1 is 1.50 bits per heavy atom. The molecule has 4 heteroatoms. The molecule has 14 heavy (non-hydrogen) atoms. The smallest absolute Gasteiger partial charge is 0.200 e. The molecule has 0 radical (unpaired) electrons. The average Bonchev–Trinajstić information content (AvgIpc) is 2.43. The van der Waals surface area contributed by atoms with Crippen LogP contribution in [0.4, 0.5) is 5.95 Å². The summed E-state index contributed by atoms with van der Waals surface area (Å²) >= 11 is 0. The second-order valence-corrected chi connectivity index (χ2v) is 3.95. The highest BCUT2D eigenvalue weighted by atomic mass is 15.2. The van der Waals surface area contributed by atoms with Gasteiger partial charge in [-0.1, -0.05) is 6.92 Å². The van der Waals surface area contributed by atoms with Gasteiger partial charge < -0.3 is 10.3 Å². The Bertz CT molecular complexity index is 329. The van der Waals surface area contributed by atoms with Crippen molar-refractivity contribution in [3.63, 3.8) is 0 Å². The lowest BCUT2D eigenvalue weighted by atomic mass is 10.1. The van der Waals surface area contributed by atoms with E-state index >= 15 is 0 Å². The molecule has 0 saturated heterocycles. The number of anilines is 1. The summed E-state index contributed by atoms with van der Waals surface area (Å²) in [6.07, 6.45) is 2.29. The third-order valence-electron chi connectivity index (χ3n) is 2.91. The SMILES string of the molecule is CCCN1CCc2c(nc(N)n2C)C1. The predicted octanol–water partition coefficient (Wildman–Crippen LogP) is 0.770. The van der Waals surface area contributed by atoms with E-state index in [4.69, 9.17) is 5.73 Å². The average molecular weight is 194 g/mol. The van der Waals surface area contributed by atoms with Gasteiger partial charge in [0.2, 0.25) is 0 Å². The first-order chi connectivity index (χ1) is 6.72. The number of fused-ring (bicyclic) bond motifs is 1. The molecule has 0 aliphatic carbocycles. The van der Waals surface area contributed by atoms with E-state index in [2.05, 4.69) is 16.8 Å². The van der Waals surface area contributed by atoms with Gasteiger partial charge in [-0.2, -0.15) is 0 Å². The lowest BCUT2D eigenvalue weighted by Gasteiger charge is -2.25. The molecule has 0 bridgehead atoms. The number of nitrogens with two attached hydrogens (primary N) is 1. The van der Waals surface area contributed by atoms with E-state index < -0.39 is 0 Å².